The number of ether oxygens (including phenoxy) is 1. The molecule has 1 saturated heterocycles. The summed E-state index contributed by atoms with van der Waals surface area (Å²) in [6.07, 6.45) is 1.71. The zero-order chi connectivity index (χ0) is 23.7. The van der Waals surface area contributed by atoms with Crippen LogP contribution in [0, 0.1) is 5.82 Å². The molecule has 1 unspecified atom stereocenters. The second kappa shape index (κ2) is 9.55. The number of nitrogens with two attached hydrogens (primary N) is 2. The van der Waals surface area contributed by atoms with E-state index in [1.54, 1.807) is 36.2 Å². The Hall–Kier alpha value is -2.87. The van der Waals surface area contributed by atoms with Crippen LogP contribution in [0.25, 0.3) is 11.1 Å². The van der Waals surface area contributed by atoms with Crippen LogP contribution in [-0.2, 0) is 0 Å². The van der Waals surface area contributed by atoms with E-state index in [0.717, 1.165) is 12.0 Å². The number of amides is 1. The molecule has 2 atom stereocenters. The number of halogens is 3. The monoisotopic (exact) mass is 488 g/mol. The minimum Gasteiger partial charge on any atom is -0.482 e. The first kappa shape index (κ1) is 23.3. The van der Waals surface area contributed by atoms with E-state index in [9.17, 15) is 9.18 Å². The molecule has 0 aliphatic carbocycles. The molecule has 3 aromatic rings. The fraction of sp³-hybridized carbons (Fsp3) is 0.250. The Labute approximate surface area is 201 Å². The van der Waals surface area contributed by atoms with E-state index >= 15 is 0 Å². The van der Waals surface area contributed by atoms with Gasteiger partial charge in [0.25, 0.3) is 5.91 Å². The lowest BCUT2D eigenvalue weighted by molar-refractivity contribution is 0.0791. The van der Waals surface area contributed by atoms with Crippen molar-refractivity contribution in [1.29, 1.82) is 0 Å². The second-order valence-electron chi connectivity index (χ2n) is 8.01. The SMILES string of the molecule is CC(Oc1cc(-c2cccc(C(=O)N3CC[C@@H](N)C3)c2)cnc1N)c1c(Cl)ccc(F)c1Cl. The fourth-order valence-corrected chi connectivity index (χ4v) is 4.54. The van der Waals surface area contributed by atoms with Crippen molar-refractivity contribution in [3.63, 3.8) is 0 Å². The van der Waals surface area contributed by atoms with Crippen LogP contribution in [0.5, 0.6) is 5.75 Å². The van der Waals surface area contributed by atoms with Crippen LogP contribution in [-0.4, -0.2) is 34.9 Å². The third-order valence-electron chi connectivity index (χ3n) is 5.63. The van der Waals surface area contributed by atoms with Gasteiger partial charge in [0.2, 0.25) is 0 Å². The zero-order valence-corrected chi connectivity index (χ0v) is 19.4. The zero-order valence-electron chi connectivity index (χ0n) is 17.9. The molecule has 9 heteroatoms. The Morgan fingerprint density at radius 2 is 2.03 bits per heavy atom. The first-order valence-corrected chi connectivity index (χ1v) is 11.2. The molecule has 1 amide bonds. The Balaban J connectivity index is 1.61. The van der Waals surface area contributed by atoms with Crippen molar-refractivity contribution in [2.45, 2.75) is 25.5 Å². The van der Waals surface area contributed by atoms with Gasteiger partial charge >= 0.3 is 0 Å². The smallest absolute Gasteiger partial charge is 0.253 e. The van der Waals surface area contributed by atoms with Gasteiger partial charge in [-0.05, 0) is 49.2 Å². The van der Waals surface area contributed by atoms with Crippen molar-refractivity contribution in [3.05, 3.63) is 75.7 Å². The summed E-state index contributed by atoms with van der Waals surface area (Å²) < 4.78 is 19.9. The summed E-state index contributed by atoms with van der Waals surface area (Å²) in [4.78, 5) is 18.8. The van der Waals surface area contributed by atoms with Gasteiger partial charge in [0.05, 0.1) is 5.02 Å². The first-order chi connectivity index (χ1) is 15.7. The summed E-state index contributed by atoms with van der Waals surface area (Å²) in [5.74, 6) is -0.202. The number of rotatable bonds is 5. The summed E-state index contributed by atoms with van der Waals surface area (Å²) in [6, 6.07) is 11.6. The Morgan fingerprint density at radius 1 is 1.24 bits per heavy atom. The number of anilines is 1. The summed E-state index contributed by atoms with van der Waals surface area (Å²) in [5.41, 5.74) is 14.3. The first-order valence-electron chi connectivity index (χ1n) is 10.5. The maximum absolute atomic E-state index is 13.9. The maximum atomic E-state index is 13.9. The highest BCUT2D eigenvalue weighted by molar-refractivity contribution is 6.36. The molecule has 4 N–H and O–H groups in total. The molecule has 1 aromatic heterocycles. The van der Waals surface area contributed by atoms with Gasteiger partial charge in [-0.1, -0.05) is 35.3 Å². The second-order valence-corrected chi connectivity index (χ2v) is 8.79. The molecule has 1 aliphatic heterocycles. The van der Waals surface area contributed by atoms with Gasteiger partial charge in [-0.25, -0.2) is 9.37 Å². The lowest BCUT2D eigenvalue weighted by Gasteiger charge is -2.19. The summed E-state index contributed by atoms with van der Waals surface area (Å²) in [5, 5.41) is 0.176. The predicted octanol–water partition coefficient (Wildman–Crippen LogP) is 5.09. The van der Waals surface area contributed by atoms with Crippen LogP contribution < -0.4 is 16.2 Å². The molecule has 1 fully saturated rings. The highest BCUT2D eigenvalue weighted by atomic mass is 35.5. The van der Waals surface area contributed by atoms with Crippen LogP contribution >= 0.6 is 23.2 Å². The van der Waals surface area contributed by atoms with E-state index in [2.05, 4.69) is 4.98 Å². The van der Waals surface area contributed by atoms with Crippen molar-refractivity contribution < 1.29 is 13.9 Å². The van der Waals surface area contributed by atoms with Crippen LogP contribution in [0.1, 0.15) is 35.4 Å². The molecule has 6 nitrogen and oxygen atoms in total. The molecule has 0 spiro atoms. The number of pyridine rings is 1. The molecule has 172 valence electrons. The van der Waals surface area contributed by atoms with Crippen LogP contribution in [0.15, 0.2) is 48.7 Å². The topological polar surface area (TPSA) is 94.5 Å². The van der Waals surface area contributed by atoms with E-state index in [0.29, 0.717) is 35.5 Å². The maximum Gasteiger partial charge on any atom is 0.253 e. The van der Waals surface area contributed by atoms with Gasteiger partial charge < -0.3 is 21.1 Å². The lowest BCUT2D eigenvalue weighted by Crippen LogP contribution is -2.31. The van der Waals surface area contributed by atoms with Gasteiger partial charge in [0.15, 0.2) is 11.6 Å². The Morgan fingerprint density at radius 3 is 2.76 bits per heavy atom. The summed E-state index contributed by atoms with van der Waals surface area (Å²) in [6.45, 7) is 2.89. The summed E-state index contributed by atoms with van der Waals surface area (Å²) in [7, 11) is 0. The molecule has 0 bridgehead atoms. The van der Waals surface area contributed by atoms with Crippen LogP contribution in [0.3, 0.4) is 0 Å². The van der Waals surface area contributed by atoms with Crippen molar-refractivity contribution >= 4 is 34.9 Å². The Bertz CT molecular complexity index is 1210. The largest absolute Gasteiger partial charge is 0.482 e. The number of hydrogen-bond donors (Lipinski definition) is 2. The number of nitrogens with zero attached hydrogens (tertiary/aromatic N) is 2. The third kappa shape index (κ3) is 4.90. The van der Waals surface area contributed by atoms with Crippen molar-refractivity contribution in [3.8, 4) is 16.9 Å². The van der Waals surface area contributed by atoms with Gasteiger partial charge in [-0.3, -0.25) is 4.79 Å². The fourth-order valence-electron chi connectivity index (χ4n) is 3.86. The normalized spacial score (nSPS) is 16.6. The van der Waals surface area contributed by atoms with Crippen molar-refractivity contribution in [2.24, 2.45) is 5.73 Å². The number of carbonyl (C=O) groups is 1. The number of carbonyl (C=O) groups excluding carboxylic acids is 1. The van der Waals surface area contributed by atoms with Crippen molar-refractivity contribution in [1.82, 2.24) is 9.88 Å². The van der Waals surface area contributed by atoms with Gasteiger partial charge in [0.1, 0.15) is 11.9 Å². The molecule has 4 rings (SSSR count). The molecule has 33 heavy (non-hydrogen) atoms. The van der Waals surface area contributed by atoms with Gasteiger partial charge in [-0.2, -0.15) is 0 Å². The molecule has 1 aliphatic rings. The van der Waals surface area contributed by atoms with Crippen LogP contribution in [0.4, 0.5) is 10.2 Å². The molecular formula is C24H23Cl2FN4O2. The number of nitrogen functional groups attached to an aromatic ring is 1. The molecule has 0 radical (unpaired) electrons. The van der Waals surface area contributed by atoms with E-state index in [4.69, 9.17) is 39.4 Å². The lowest BCUT2D eigenvalue weighted by atomic mass is 10.0. The van der Waals surface area contributed by atoms with Gasteiger partial charge in [0, 0.05) is 47.0 Å². The number of likely N-dealkylation sites (tertiary alicyclic amines) is 1. The van der Waals surface area contributed by atoms with Crippen molar-refractivity contribution in [2.75, 3.05) is 18.8 Å². The molecule has 0 saturated carbocycles. The van der Waals surface area contributed by atoms with E-state index in [1.165, 1.54) is 12.1 Å². The van der Waals surface area contributed by atoms with Gasteiger partial charge in [-0.15, -0.1) is 0 Å². The quantitative estimate of drug-likeness (QED) is 0.487. The Kier molecular flexibility index (Phi) is 6.74. The van der Waals surface area contributed by atoms with E-state index in [1.807, 2.05) is 12.1 Å². The van der Waals surface area contributed by atoms with Crippen LogP contribution in [0.2, 0.25) is 10.0 Å². The predicted molar refractivity (Wildman–Crippen MR) is 128 cm³/mol. The average molecular weight is 489 g/mol. The highest BCUT2D eigenvalue weighted by Gasteiger charge is 2.25. The minimum atomic E-state index is -0.688. The standard InChI is InChI=1S/C24H23Cl2FN4O2/c1-13(21-18(25)5-6-19(27)22(21)26)33-20-10-16(11-30-23(20)29)14-3-2-4-15(9-14)24(32)31-8-7-17(28)12-31/h2-6,9-11,13,17H,7-8,12,28H2,1H3,(H2,29,30)/t13?,17-/m1/s1. The molecule has 2 aromatic carbocycles. The average Bonchev–Trinajstić information content (AvgIpc) is 3.24. The minimum absolute atomic E-state index is 0.0141. The number of hydrogen-bond acceptors (Lipinski definition) is 5. The summed E-state index contributed by atoms with van der Waals surface area (Å²) >= 11 is 12.3. The number of benzene rings is 2. The van der Waals surface area contributed by atoms with E-state index in [-0.39, 0.29) is 27.8 Å². The highest BCUT2D eigenvalue weighted by Crippen LogP contribution is 2.37. The third-order valence-corrected chi connectivity index (χ3v) is 6.34. The molecular weight excluding hydrogens is 466 g/mol. The van der Waals surface area contributed by atoms with E-state index < -0.39 is 11.9 Å². The molecule has 2 heterocycles. The number of aromatic nitrogens is 1.